The summed E-state index contributed by atoms with van der Waals surface area (Å²) in [7, 11) is 0. The Morgan fingerprint density at radius 1 is 1.00 bits per heavy atom. The first-order valence-corrected chi connectivity index (χ1v) is 6.35. The second-order valence-electron chi connectivity index (χ2n) is 4.93. The van der Waals surface area contributed by atoms with E-state index in [-0.39, 0.29) is 28.8 Å². The van der Waals surface area contributed by atoms with Crippen LogP contribution in [0.5, 0.6) is 0 Å². The van der Waals surface area contributed by atoms with Gasteiger partial charge < -0.3 is 0 Å². The van der Waals surface area contributed by atoms with E-state index >= 15 is 0 Å². The molecule has 0 saturated heterocycles. The minimum absolute atomic E-state index is 0. The summed E-state index contributed by atoms with van der Waals surface area (Å²) in [5.41, 5.74) is 2.16. The van der Waals surface area contributed by atoms with E-state index in [4.69, 9.17) is 0 Å². The average molecular weight is 306 g/mol. The number of Topliss-reactive ketones (excluding diaryl/α,β-unsaturated/α-hetero) is 1. The van der Waals surface area contributed by atoms with Gasteiger partial charge in [-0.1, -0.05) is 38.1 Å². The van der Waals surface area contributed by atoms with Crippen LogP contribution in [-0.2, 0) is 17.1 Å². The van der Waals surface area contributed by atoms with Crippen LogP contribution in [0.1, 0.15) is 24.3 Å². The Balaban J connectivity index is 0.00000147. The van der Waals surface area contributed by atoms with Crippen LogP contribution in [0.4, 0.5) is 0 Å². The zero-order chi connectivity index (χ0) is 13.4. The molecule has 20 heavy (non-hydrogen) atoms. The van der Waals surface area contributed by atoms with Crippen LogP contribution in [0.15, 0.2) is 42.6 Å². The van der Waals surface area contributed by atoms with Crippen LogP contribution in [0, 0.1) is 5.92 Å². The molecule has 0 aliphatic carbocycles. The predicted molar refractivity (Wildman–Crippen MR) is 76.2 cm³/mol. The zero-order valence-electron chi connectivity index (χ0n) is 11.3. The van der Waals surface area contributed by atoms with E-state index in [1.807, 2.05) is 44.2 Å². The van der Waals surface area contributed by atoms with E-state index in [1.54, 1.807) is 12.3 Å². The molecule has 0 aliphatic rings. The topological polar surface area (TPSA) is 42.9 Å². The molecule has 3 aromatic rings. The molecule has 0 saturated carbocycles. The van der Waals surface area contributed by atoms with Crippen molar-refractivity contribution in [1.82, 2.24) is 9.97 Å². The first-order valence-electron chi connectivity index (χ1n) is 6.35. The van der Waals surface area contributed by atoms with Gasteiger partial charge in [0.2, 0.25) is 0 Å². The third kappa shape index (κ3) is 2.45. The number of pyridine rings is 2. The van der Waals surface area contributed by atoms with Crippen molar-refractivity contribution in [2.75, 3.05) is 0 Å². The molecule has 0 fully saturated rings. The second kappa shape index (κ2) is 5.69. The van der Waals surface area contributed by atoms with Crippen molar-refractivity contribution in [1.29, 1.82) is 0 Å². The minimum atomic E-state index is -0.0483. The molecular weight excluding hydrogens is 292 g/mol. The van der Waals surface area contributed by atoms with E-state index in [1.165, 1.54) is 0 Å². The molecule has 3 nitrogen and oxygen atoms in total. The summed E-state index contributed by atoms with van der Waals surface area (Å²) < 4.78 is 0. The van der Waals surface area contributed by atoms with E-state index in [9.17, 15) is 4.79 Å². The number of rotatable bonds is 2. The molecule has 0 atom stereocenters. The number of hydrogen-bond donors (Lipinski definition) is 0. The van der Waals surface area contributed by atoms with Gasteiger partial charge in [0.15, 0.2) is 5.78 Å². The van der Waals surface area contributed by atoms with Gasteiger partial charge in [0.25, 0.3) is 0 Å². The maximum absolute atomic E-state index is 12.0. The Morgan fingerprint density at radius 2 is 1.65 bits per heavy atom. The average Bonchev–Trinajstić information content (AvgIpc) is 2.45. The number of fused-ring (bicyclic) bond motifs is 3. The first kappa shape index (κ1) is 14.6. The molecule has 0 amide bonds. The fourth-order valence-electron chi connectivity index (χ4n) is 2.16. The zero-order valence-corrected chi connectivity index (χ0v) is 12.4. The summed E-state index contributed by atoms with van der Waals surface area (Å²) >= 11 is 0. The fraction of sp³-hybridized carbons (Fsp3) is 0.188. The minimum Gasteiger partial charge on any atom is -0.292 e. The molecule has 0 radical (unpaired) electrons. The molecule has 0 spiro atoms. The second-order valence-corrected chi connectivity index (χ2v) is 4.93. The van der Waals surface area contributed by atoms with Gasteiger partial charge in [0.1, 0.15) is 5.69 Å². The van der Waals surface area contributed by atoms with Gasteiger partial charge in [0, 0.05) is 40.0 Å². The van der Waals surface area contributed by atoms with Gasteiger partial charge in [-0.2, -0.15) is 0 Å². The molecule has 2 aromatic heterocycles. The monoisotopic (exact) mass is 306 g/mol. The first-order chi connectivity index (χ1) is 9.16. The molecule has 0 unspecified atom stereocenters. The Morgan fingerprint density at radius 3 is 2.35 bits per heavy atom. The van der Waals surface area contributed by atoms with Gasteiger partial charge in [0.05, 0.1) is 11.0 Å². The van der Waals surface area contributed by atoms with E-state index in [0.717, 1.165) is 21.8 Å². The standard InChI is InChI=1S/C16H14N2O.Fe/c1-10(2)16(19)13-8-7-12-6-5-11-4-3-9-17-14(11)15(12)18-13;/h3-10H,1-2H3;. The SMILES string of the molecule is CC(C)C(=O)c1ccc2ccc3cccnc3c2n1.[Fe]. The maximum atomic E-state index is 12.0. The summed E-state index contributed by atoms with van der Waals surface area (Å²) in [5, 5.41) is 2.04. The number of aromatic nitrogens is 2. The smallest absolute Gasteiger partial charge is 0.183 e. The van der Waals surface area contributed by atoms with Gasteiger partial charge in [-0.3, -0.25) is 9.78 Å². The summed E-state index contributed by atoms with van der Waals surface area (Å²) in [6.45, 7) is 3.77. The molecule has 3 rings (SSSR count). The van der Waals surface area contributed by atoms with Crippen molar-refractivity contribution in [3.05, 3.63) is 48.3 Å². The Labute approximate surface area is 127 Å². The van der Waals surface area contributed by atoms with Gasteiger partial charge in [-0.05, 0) is 12.1 Å². The van der Waals surface area contributed by atoms with Crippen molar-refractivity contribution < 1.29 is 21.9 Å². The normalized spacial score (nSPS) is 10.8. The number of carbonyl (C=O) groups excluding carboxylic acids is 1. The third-order valence-electron chi connectivity index (χ3n) is 3.21. The molecule has 102 valence electrons. The number of carbonyl (C=O) groups is 1. The summed E-state index contributed by atoms with van der Waals surface area (Å²) in [4.78, 5) is 20.9. The number of nitrogens with zero attached hydrogens (tertiary/aromatic N) is 2. The number of benzene rings is 1. The van der Waals surface area contributed by atoms with E-state index < -0.39 is 0 Å². The maximum Gasteiger partial charge on any atom is 0.183 e. The van der Waals surface area contributed by atoms with Crippen LogP contribution in [0.25, 0.3) is 21.8 Å². The molecule has 0 N–H and O–H groups in total. The Bertz CT molecular complexity index is 784. The van der Waals surface area contributed by atoms with Crippen molar-refractivity contribution in [3.63, 3.8) is 0 Å². The van der Waals surface area contributed by atoms with Crippen molar-refractivity contribution in [2.24, 2.45) is 5.92 Å². The molecule has 1 aromatic carbocycles. The Kier molecular flexibility index (Phi) is 4.17. The van der Waals surface area contributed by atoms with Crippen LogP contribution in [0.2, 0.25) is 0 Å². The van der Waals surface area contributed by atoms with Crippen LogP contribution in [-0.4, -0.2) is 15.8 Å². The summed E-state index contributed by atoms with van der Waals surface area (Å²) in [5.74, 6) is 0.0164. The molecule has 0 aliphatic heterocycles. The molecule has 0 bridgehead atoms. The molecule has 4 heteroatoms. The Hall–Kier alpha value is -1.77. The van der Waals surface area contributed by atoms with Crippen LogP contribution in [0.3, 0.4) is 0 Å². The van der Waals surface area contributed by atoms with Gasteiger partial charge in [-0.15, -0.1) is 0 Å². The number of hydrogen-bond acceptors (Lipinski definition) is 3. The third-order valence-corrected chi connectivity index (χ3v) is 3.21. The van der Waals surface area contributed by atoms with Gasteiger partial charge >= 0.3 is 0 Å². The predicted octanol–water partition coefficient (Wildman–Crippen LogP) is 3.62. The quantitative estimate of drug-likeness (QED) is 0.412. The molecule has 2 heterocycles. The van der Waals surface area contributed by atoms with E-state index in [0.29, 0.717) is 5.69 Å². The number of ketones is 1. The van der Waals surface area contributed by atoms with Crippen molar-refractivity contribution in [3.8, 4) is 0 Å². The molecular formula is C16H14FeN2O. The van der Waals surface area contributed by atoms with Crippen LogP contribution < -0.4 is 0 Å². The fourth-order valence-corrected chi connectivity index (χ4v) is 2.16. The largest absolute Gasteiger partial charge is 0.292 e. The van der Waals surface area contributed by atoms with Crippen LogP contribution >= 0.6 is 0 Å². The van der Waals surface area contributed by atoms with Crippen molar-refractivity contribution in [2.45, 2.75) is 13.8 Å². The van der Waals surface area contributed by atoms with Gasteiger partial charge in [-0.25, -0.2) is 4.98 Å². The summed E-state index contributed by atoms with van der Waals surface area (Å²) in [6, 6.07) is 11.7. The van der Waals surface area contributed by atoms with E-state index in [2.05, 4.69) is 9.97 Å². The summed E-state index contributed by atoms with van der Waals surface area (Å²) in [6.07, 6.45) is 1.75. The van der Waals surface area contributed by atoms with Crippen molar-refractivity contribution >= 4 is 27.6 Å².